The summed E-state index contributed by atoms with van der Waals surface area (Å²) in [5.74, 6) is -0.302. The van der Waals surface area contributed by atoms with Crippen LogP contribution in [0.1, 0.15) is 12.5 Å². The molecule has 4 heteroatoms. The molecule has 0 fully saturated rings. The van der Waals surface area contributed by atoms with E-state index in [-0.39, 0.29) is 5.82 Å². The average Bonchev–Trinajstić information content (AvgIpc) is 2.09. The molecule has 0 aromatic heterocycles. The van der Waals surface area contributed by atoms with Crippen molar-refractivity contribution in [3.8, 4) is 0 Å². The van der Waals surface area contributed by atoms with Crippen molar-refractivity contribution in [3.63, 3.8) is 0 Å². The number of nitrogens with one attached hydrogen (secondary N) is 1. The second-order valence-corrected chi connectivity index (χ2v) is 4.17. The molecule has 0 aliphatic heterocycles. The average molecular weight is 262 g/mol. The Morgan fingerprint density at radius 3 is 2.79 bits per heavy atom. The summed E-state index contributed by atoms with van der Waals surface area (Å²) in [7, 11) is 0. The van der Waals surface area contributed by atoms with Gasteiger partial charge in [-0.15, -0.1) is 0 Å². The fraction of sp³-hybridized carbons (Fsp3) is 0.400. The molecule has 0 aliphatic rings. The highest BCUT2D eigenvalue weighted by molar-refractivity contribution is 9.10. The number of hydrogen-bond acceptors (Lipinski definition) is 2. The molecule has 1 rings (SSSR count). The molecule has 2 nitrogen and oxygen atoms in total. The molecule has 0 radical (unpaired) electrons. The molecule has 78 valence electrons. The number of aliphatic hydroxyl groups excluding tert-OH is 1. The van der Waals surface area contributed by atoms with Crippen LogP contribution in [0.4, 0.5) is 10.1 Å². The summed E-state index contributed by atoms with van der Waals surface area (Å²) in [6.07, 6.45) is -0.443. The van der Waals surface area contributed by atoms with Gasteiger partial charge in [0.1, 0.15) is 5.82 Å². The van der Waals surface area contributed by atoms with E-state index < -0.39 is 6.10 Å². The fourth-order valence-corrected chi connectivity index (χ4v) is 1.55. The number of hydrogen-bond donors (Lipinski definition) is 2. The van der Waals surface area contributed by atoms with Crippen LogP contribution in [0.15, 0.2) is 16.6 Å². The van der Waals surface area contributed by atoms with Gasteiger partial charge in [0.25, 0.3) is 0 Å². The lowest BCUT2D eigenvalue weighted by molar-refractivity contribution is 0.208. The maximum absolute atomic E-state index is 13.1. The predicted octanol–water partition coefficient (Wildman–Crippen LogP) is 2.69. The molecule has 0 aliphatic carbocycles. The normalized spacial score (nSPS) is 12.6. The third kappa shape index (κ3) is 2.96. The molecule has 0 amide bonds. The number of halogens is 2. The number of aryl methyl sites for hydroxylation is 1. The van der Waals surface area contributed by atoms with Crippen LogP contribution in [-0.2, 0) is 0 Å². The van der Waals surface area contributed by atoms with E-state index in [1.54, 1.807) is 13.0 Å². The number of aliphatic hydroxyl groups is 1. The second kappa shape index (κ2) is 4.75. The van der Waals surface area contributed by atoms with Crippen LogP contribution in [0.25, 0.3) is 0 Å². The number of benzene rings is 1. The highest BCUT2D eigenvalue weighted by atomic mass is 79.9. The first-order chi connectivity index (χ1) is 6.50. The fourth-order valence-electron chi connectivity index (χ4n) is 1.09. The van der Waals surface area contributed by atoms with Crippen molar-refractivity contribution < 1.29 is 9.50 Å². The van der Waals surface area contributed by atoms with Crippen molar-refractivity contribution in [3.05, 3.63) is 28.0 Å². The van der Waals surface area contributed by atoms with E-state index in [4.69, 9.17) is 5.11 Å². The lowest BCUT2D eigenvalue weighted by atomic mass is 10.2. The van der Waals surface area contributed by atoms with Gasteiger partial charge in [0.15, 0.2) is 0 Å². The van der Waals surface area contributed by atoms with Crippen LogP contribution in [0, 0.1) is 12.7 Å². The first-order valence-corrected chi connectivity index (χ1v) is 5.17. The Hall–Kier alpha value is -0.610. The summed E-state index contributed by atoms with van der Waals surface area (Å²) in [6.45, 7) is 3.98. The number of rotatable bonds is 3. The Bertz CT molecular complexity index is 328. The van der Waals surface area contributed by atoms with E-state index in [1.165, 1.54) is 6.07 Å². The standard InChI is InChI=1S/C10H13BrFNO/c1-6-3-8(11)9(12)4-10(6)13-5-7(2)14/h3-4,7,13-14H,5H2,1-2H3. The largest absolute Gasteiger partial charge is 0.392 e. The van der Waals surface area contributed by atoms with Gasteiger partial charge in [-0.1, -0.05) is 0 Å². The van der Waals surface area contributed by atoms with Gasteiger partial charge in [-0.3, -0.25) is 0 Å². The van der Waals surface area contributed by atoms with Gasteiger partial charge in [0.05, 0.1) is 10.6 Å². The van der Waals surface area contributed by atoms with E-state index in [2.05, 4.69) is 21.2 Å². The SMILES string of the molecule is Cc1cc(Br)c(F)cc1NCC(C)O. The minimum Gasteiger partial charge on any atom is -0.392 e. The Morgan fingerprint density at radius 1 is 1.57 bits per heavy atom. The van der Waals surface area contributed by atoms with Crippen molar-refractivity contribution >= 4 is 21.6 Å². The number of anilines is 1. The van der Waals surface area contributed by atoms with Gasteiger partial charge in [-0.2, -0.15) is 0 Å². The van der Waals surface area contributed by atoms with E-state index >= 15 is 0 Å². The zero-order chi connectivity index (χ0) is 10.7. The maximum atomic E-state index is 13.1. The summed E-state index contributed by atoms with van der Waals surface area (Å²) in [5.41, 5.74) is 1.66. The van der Waals surface area contributed by atoms with Crippen LogP contribution in [0.3, 0.4) is 0 Å². The van der Waals surface area contributed by atoms with Gasteiger partial charge in [-0.25, -0.2) is 4.39 Å². The second-order valence-electron chi connectivity index (χ2n) is 3.31. The zero-order valence-electron chi connectivity index (χ0n) is 8.14. The third-order valence-electron chi connectivity index (χ3n) is 1.86. The van der Waals surface area contributed by atoms with Crippen molar-refractivity contribution in [2.45, 2.75) is 20.0 Å². The topological polar surface area (TPSA) is 32.3 Å². The molecule has 1 atom stereocenters. The molecule has 1 unspecified atom stereocenters. The summed E-state index contributed by atoms with van der Waals surface area (Å²) in [4.78, 5) is 0. The molecule has 1 aromatic rings. The highest BCUT2D eigenvalue weighted by Crippen LogP contribution is 2.23. The summed E-state index contributed by atoms with van der Waals surface area (Å²) in [6, 6.07) is 3.13. The molecule has 2 N–H and O–H groups in total. The third-order valence-corrected chi connectivity index (χ3v) is 2.46. The van der Waals surface area contributed by atoms with Crippen LogP contribution in [-0.4, -0.2) is 17.8 Å². The van der Waals surface area contributed by atoms with E-state index in [9.17, 15) is 4.39 Å². The van der Waals surface area contributed by atoms with Crippen molar-refractivity contribution in [1.29, 1.82) is 0 Å². The Kier molecular flexibility index (Phi) is 3.89. The minimum atomic E-state index is -0.443. The van der Waals surface area contributed by atoms with Gasteiger partial charge < -0.3 is 10.4 Å². The van der Waals surface area contributed by atoms with E-state index in [0.717, 1.165) is 5.56 Å². The van der Waals surface area contributed by atoms with Gasteiger partial charge in [0, 0.05) is 12.2 Å². The molecule has 14 heavy (non-hydrogen) atoms. The minimum absolute atomic E-state index is 0.302. The van der Waals surface area contributed by atoms with Crippen LogP contribution in [0.5, 0.6) is 0 Å². The lowest BCUT2D eigenvalue weighted by Crippen LogP contribution is -2.16. The lowest BCUT2D eigenvalue weighted by Gasteiger charge is -2.11. The molecule has 0 saturated carbocycles. The monoisotopic (exact) mass is 261 g/mol. The molecule has 0 heterocycles. The molecule has 1 aromatic carbocycles. The predicted molar refractivity (Wildman–Crippen MR) is 59.0 cm³/mol. The van der Waals surface area contributed by atoms with Crippen LogP contribution >= 0.6 is 15.9 Å². The zero-order valence-corrected chi connectivity index (χ0v) is 9.73. The highest BCUT2D eigenvalue weighted by Gasteiger charge is 2.05. The first-order valence-electron chi connectivity index (χ1n) is 4.38. The van der Waals surface area contributed by atoms with Crippen LogP contribution in [0.2, 0.25) is 0 Å². The first kappa shape index (κ1) is 11.5. The molecule has 0 spiro atoms. The van der Waals surface area contributed by atoms with Gasteiger partial charge >= 0.3 is 0 Å². The van der Waals surface area contributed by atoms with E-state index in [1.807, 2.05) is 6.92 Å². The molecular formula is C10H13BrFNO. The smallest absolute Gasteiger partial charge is 0.139 e. The van der Waals surface area contributed by atoms with E-state index in [0.29, 0.717) is 16.7 Å². The van der Waals surface area contributed by atoms with Gasteiger partial charge in [0.2, 0.25) is 0 Å². The summed E-state index contributed by atoms with van der Waals surface area (Å²) >= 11 is 3.11. The summed E-state index contributed by atoms with van der Waals surface area (Å²) < 4.78 is 13.6. The van der Waals surface area contributed by atoms with Crippen molar-refractivity contribution in [1.82, 2.24) is 0 Å². The Balaban J connectivity index is 2.82. The van der Waals surface area contributed by atoms with Gasteiger partial charge in [-0.05, 0) is 47.5 Å². The van der Waals surface area contributed by atoms with Crippen LogP contribution < -0.4 is 5.32 Å². The molecular weight excluding hydrogens is 249 g/mol. The van der Waals surface area contributed by atoms with Crippen molar-refractivity contribution in [2.24, 2.45) is 0 Å². The summed E-state index contributed by atoms with van der Waals surface area (Å²) in [5, 5.41) is 12.0. The molecule has 0 bridgehead atoms. The Labute approximate surface area is 91.3 Å². The maximum Gasteiger partial charge on any atom is 0.139 e. The van der Waals surface area contributed by atoms with Crippen molar-refractivity contribution in [2.75, 3.05) is 11.9 Å². The Morgan fingerprint density at radius 2 is 2.21 bits per heavy atom. The molecule has 0 saturated heterocycles. The quantitative estimate of drug-likeness (QED) is 0.877.